The number of hydrogen-bond donors (Lipinski definition) is 1. The second kappa shape index (κ2) is 4.28. The van der Waals surface area contributed by atoms with Gasteiger partial charge in [0.25, 0.3) is 0 Å². The number of anilines is 1. The van der Waals surface area contributed by atoms with Crippen LogP contribution >= 0.6 is 23.2 Å². The predicted molar refractivity (Wildman–Crippen MR) is 57.8 cm³/mol. The quantitative estimate of drug-likeness (QED) is 0.875. The van der Waals surface area contributed by atoms with Crippen molar-refractivity contribution in [2.75, 3.05) is 5.32 Å². The van der Waals surface area contributed by atoms with Gasteiger partial charge in [0, 0.05) is 5.54 Å². The van der Waals surface area contributed by atoms with Gasteiger partial charge in [0.1, 0.15) is 0 Å². The lowest BCUT2D eigenvalue weighted by atomic mass is 10.0. The topological polar surface area (TPSA) is 50.7 Å². The normalized spacial score (nSPS) is 11.5. The molecular weight excluding hydrogens is 223 g/mol. The Morgan fingerprint density at radius 2 is 1.64 bits per heavy atom. The van der Waals surface area contributed by atoms with Crippen molar-refractivity contribution in [3.63, 3.8) is 0 Å². The van der Waals surface area contributed by atoms with E-state index in [4.69, 9.17) is 23.2 Å². The first-order valence-corrected chi connectivity index (χ1v) is 5.04. The fourth-order valence-corrected chi connectivity index (χ4v) is 1.14. The lowest BCUT2D eigenvalue weighted by Gasteiger charge is -2.24. The number of halogens is 2. The van der Waals surface area contributed by atoms with Crippen LogP contribution in [0.15, 0.2) is 0 Å². The molecule has 6 heteroatoms. The first-order valence-electron chi connectivity index (χ1n) is 4.28. The molecule has 0 saturated heterocycles. The summed E-state index contributed by atoms with van der Waals surface area (Å²) in [4.78, 5) is 11.5. The Bertz CT molecular complexity index is 307. The molecule has 78 valence electrons. The minimum atomic E-state index is -0.0893. The van der Waals surface area contributed by atoms with E-state index in [1.165, 1.54) is 0 Å². The fraction of sp³-hybridized carbons (Fsp3) is 0.625. The molecule has 1 heterocycles. The maximum absolute atomic E-state index is 5.64. The first-order chi connectivity index (χ1) is 6.43. The van der Waals surface area contributed by atoms with Gasteiger partial charge in [-0.2, -0.15) is 15.0 Å². The molecule has 1 N–H and O–H groups in total. The van der Waals surface area contributed by atoms with Gasteiger partial charge in [-0.1, -0.05) is 6.92 Å². The summed E-state index contributed by atoms with van der Waals surface area (Å²) in [6, 6.07) is 0. The molecule has 1 aromatic rings. The molecule has 0 saturated carbocycles. The van der Waals surface area contributed by atoms with Gasteiger partial charge in [0.15, 0.2) is 0 Å². The highest BCUT2D eigenvalue weighted by Gasteiger charge is 2.16. The number of nitrogens with one attached hydrogen (secondary N) is 1. The zero-order chi connectivity index (χ0) is 10.8. The average molecular weight is 235 g/mol. The van der Waals surface area contributed by atoms with Gasteiger partial charge >= 0.3 is 0 Å². The maximum Gasteiger partial charge on any atom is 0.228 e. The highest BCUT2D eigenvalue weighted by molar-refractivity contribution is 6.31. The molecule has 1 rings (SSSR count). The molecule has 0 bridgehead atoms. The third-order valence-electron chi connectivity index (χ3n) is 1.91. The molecule has 1 aromatic heterocycles. The van der Waals surface area contributed by atoms with Crippen molar-refractivity contribution in [1.29, 1.82) is 0 Å². The first kappa shape index (κ1) is 11.5. The number of hydrogen-bond acceptors (Lipinski definition) is 4. The third-order valence-corrected chi connectivity index (χ3v) is 2.25. The second-order valence-corrected chi connectivity index (χ2v) is 4.24. The molecule has 0 aliphatic rings. The van der Waals surface area contributed by atoms with Crippen LogP contribution in [0.3, 0.4) is 0 Å². The zero-order valence-corrected chi connectivity index (χ0v) is 9.82. The van der Waals surface area contributed by atoms with E-state index in [0.29, 0.717) is 5.95 Å². The molecule has 0 amide bonds. The average Bonchev–Trinajstić information content (AvgIpc) is 2.01. The van der Waals surface area contributed by atoms with Crippen LogP contribution in [-0.4, -0.2) is 20.5 Å². The summed E-state index contributed by atoms with van der Waals surface area (Å²) in [6.07, 6.45) is 0.938. The Hall–Kier alpha value is -0.610. The standard InChI is InChI=1S/C8H12Cl2N4/c1-4-8(2,3)14-7-12-5(9)11-6(10)13-7/h4H2,1-3H3,(H,11,12,13,14). The van der Waals surface area contributed by atoms with Gasteiger partial charge in [0.2, 0.25) is 16.5 Å². The van der Waals surface area contributed by atoms with E-state index in [2.05, 4.69) is 27.2 Å². The van der Waals surface area contributed by atoms with E-state index in [-0.39, 0.29) is 16.1 Å². The van der Waals surface area contributed by atoms with Crippen LogP contribution in [0.5, 0.6) is 0 Å². The minimum absolute atomic E-state index is 0.0893. The highest BCUT2D eigenvalue weighted by atomic mass is 35.5. The largest absolute Gasteiger partial charge is 0.349 e. The number of aromatic nitrogens is 3. The van der Waals surface area contributed by atoms with Crippen LogP contribution in [0.25, 0.3) is 0 Å². The van der Waals surface area contributed by atoms with Crippen LogP contribution in [0.1, 0.15) is 27.2 Å². The van der Waals surface area contributed by atoms with Crippen LogP contribution in [0.4, 0.5) is 5.95 Å². The monoisotopic (exact) mass is 234 g/mol. The molecule has 0 aromatic carbocycles. The Balaban J connectivity index is 2.87. The summed E-state index contributed by atoms with van der Waals surface area (Å²) in [7, 11) is 0. The van der Waals surface area contributed by atoms with Gasteiger partial charge in [0.05, 0.1) is 0 Å². The van der Waals surface area contributed by atoms with Crippen LogP contribution in [0, 0.1) is 0 Å². The summed E-state index contributed by atoms with van der Waals surface area (Å²) in [6.45, 7) is 6.15. The molecule has 14 heavy (non-hydrogen) atoms. The van der Waals surface area contributed by atoms with Gasteiger partial charge in [-0.3, -0.25) is 0 Å². The van der Waals surface area contributed by atoms with Crippen molar-refractivity contribution in [3.8, 4) is 0 Å². The Morgan fingerprint density at radius 3 is 2.07 bits per heavy atom. The highest BCUT2D eigenvalue weighted by Crippen LogP contribution is 2.16. The zero-order valence-electron chi connectivity index (χ0n) is 8.30. The van der Waals surface area contributed by atoms with Gasteiger partial charge in [-0.05, 0) is 43.5 Å². The van der Waals surface area contributed by atoms with E-state index in [1.807, 2.05) is 13.8 Å². The predicted octanol–water partition coefficient (Wildman–Crippen LogP) is 2.78. The molecule has 0 spiro atoms. The smallest absolute Gasteiger partial charge is 0.228 e. The van der Waals surface area contributed by atoms with Crippen LogP contribution < -0.4 is 5.32 Å². The Kier molecular flexibility index (Phi) is 3.50. The maximum atomic E-state index is 5.64. The molecule has 0 atom stereocenters. The van der Waals surface area contributed by atoms with Crippen molar-refractivity contribution in [2.24, 2.45) is 0 Å². The summed E-state index contributed by atoms with van der Waals surface area (Å²) in [5.74, 6) is 0.404. The molecule has 4 nitrogen and oxygen atoms in total. The van der Waals surface area contributed by atoms with Crippen LogP contribution in [0.2, 0.25) is 10.6 Å². The van der Waals surface area contributed by atoms with Crippen LogP contribution in [-0.2, 0) is 0 Å². The van der Waals surface area contributed by atoms with E-state index >= 15 is 0 Å². The minimum Gasteiger partial charge on any atom is -0.349 e. The Morgan fingerprint density at radius 1 is 1.14 bits per heavy atom. The third kappa shape index (κ3) is 3.27. The second-order valence-electron chi connectivity index (χ2n) is 3.56. The molecular formula is C8H12Cl2N4. The van der Waals surface area contributed by atoms with Crippen molar-refractivity contribution in [3.05, 3.63) is 10.6 Å². The molecule has 0 radical (unpaired) electrons. The summed E-state index contributed by atoms with van der Waals surface area (Å²) < 4.78 is 0. The number of nitrogens with zero attached hydrogens (tertiary/aromatic N) is 3. The van der Waals surface area contributed by atoms with Crippen molar-refractivity contribution in [2.45, 2.75) is 32.7 Å². The van der Waals surface area contributed by atoms with Gasteiger partial charge in [-0.15, -0.1) is 0 Å². The van der Waals surface area contributed by atoms with Crippen molar-refractivity contribution in [1.82, 2.24) is 15.0 Å². The van der Waals surface area contributed by atoms with E-state index < -0.39 is 0 Å². The van der Waals surface area contributed by atoms with E-state index in [9.17, 15) is 0 Å². The lowest BCUT2D eigenvalue weighted by molar-refractivity contribution is 0.541. The fourth-order valence-electron chi connectivity index (χ4n) is 0.773. The molecule has 0 aliphatic heterocycles. The van der Waals surface area contributed by atoms with Crippen molar-refractivity contribution < 1.29 is 0 Å². The molecule has 0 aliphatic carbocycles. The van der Waals surface area contributed by atoms with E-state index in [1.54, 1.807) is 0 Å². The van der Waals surface area contributed by atoms with Gasteiger partial charge in [-0.25, -0.2) is 0 Å². The molecule has 0 fully saturated rings. The lowest BCUT2D eigenvalue weighted by Crippen LogP contribution is -2.30. The van der Waals surface area contributed by atoms with Crippen molar-refractivity contribution >= 4 is 29.2 Å². The number of rotatable bonds is 3. The molecule has 0 unspecified atom stereocenters. The van der Waals surface area contributed by atoms with E-state index in [0.717, 1.165) is 6.42 Å². The summed E-state index contributed by atoms with van der Waals surface area (Å²) in [5.41, 5.74) is -0.0893. The van der Waals surface area contributed by atoms with Gasteiger partial charge < -0.3 is 5.32 Å². The SMILES string of the molecule is CCC(C)(C)Nc1nc(Cl)nc(Cl)n1. The summed E-state index contributed by atoms with van der Waals surface area (Å²) in [5, 5.41) is 3.31. The summed E-state index contributed by atoms with van der Waals surface area (Å²) >= 11 is 11.3. The Labute approximate surface area is 93.1 Å².